The van der Waals surface area contributed by atoms with Gasteiger partial charge in [-0.05, 0) is 58.1 Å². The van der Waals surface area contributed by atoms with Gasteiger partial charge in [-0.25, -0.2) is 0 Å². The van der Waals surface area contributed by atoms with E-state index in [1.807, 2.05) is 36.4 Å². The van der Waals surface area contributed by atoms with E-state index in [0.29, 0.717) is 10.2 Å². The Morgan fingerprint density at radius 2 is 1.95 bits per heavy atom. The van der Waals surface area contributed by atoms with E-state index in [1.54, 1.807) is 16.8 Å². The molecule has 1 heterocycles. The van der Waals surface area contributed by atoms with Crippen molar-refractivity contribution in [3.63, 3.8) is 0 Å². The molecule has 3 rings (SSSR count). The molecule has 0 saturated carbocycles. The molecule has 5 nitrogen and oxygen atoms in total. The highest BCUT2D eigenvalue weighted by Gasteiger charge is 2.12. The van der Waals surface area contributed by atoms with Gasteiger partial charge in [0, 0.05) is 9.92 Å². The van der Waals surface area contributed by atoms with E-state index in [0.717, 1.165) is 16.1 Å². The van der Waals surface area contributed by atoms with Crippen LogP contribution in [-0.4, -0.2) is 25.3 Å². The fraction of sp³-hybridized carbons (Fsp3) is 0.0714. The van der Waals surface area contributed by atoms with Gasteiger partial charge in [0.1, 0.15) is 0 Å². The van der Waals surface area contributed by atoms with Crippen LogP contribution in [0.25, 0.3) is 5.69 Å². The molecule has 106 valence electrons. The Morgan fingerprint density at radius 3 is 2.71 bits per heavy atom. The first kappa shape index (κ1) is 14.1. The third-order valence-corrected chi connectivity index (χ3v) is 4.13. The minimum absolute atomic E-state index is 0.0875. The van der Waals surface area contributed by atoms with Crippen LogP contribution in [0.4, 0.5) is 0 Å². The number of nitrogens with zero attached hydrogens (tertiary/aromatic N) is 4. The predicted octanol–water partition coefficient (Wildman–Crippen LogP) is 2.96. The van der Waals surface area contributed by atoms with Gasteiger partial charge in [0.2, 0.25) is 5.16 Å². The lowest BCUT2D eigenvalue weighted by atomic mass is 10.2. The molecule has 0 amide bonds. The summed E-state index contributed by atoms with van der Waals surface area (Å²) >= 11 is 7.32. The highest BCUT2D eigenvalue weighted by atomic mass is 35.5. The van der Waals surface area contributed by atoms with Crippen LogP contribution in [0, 0.1) is 0 Å². The SMILES string of the molecule is OCc1cc(Cl)ccc1Sc1nnnn1-c1ccccc1. The third-order valence-electron chi connectivity index (χ3n) is 2.84. The highest BCUT2D eigenvalue weighted by molar-refractivity contribution is 7.99. The second-order valence-corrected chi connectivity index (χ2v) is 5.67. The molecule has 1 aromatic heterocycles. The van der Waals surface area contributed by atoms with Crippen LogP contribution in [0.15, 0.2) is 58.6 Å². The molecule has 21 heavy (non-hydrogen) atoms. The number of aliphatic hydroxyl groups is 1. The van der Waals surface area contributed by atoms with E-state index in [1.165, 1.54) is 11.8 Å². The normalized spacial score (nSPS) is 10.8. The van der Waals surface area contributed by atoms with Gasteiger partial charge >= 0.3 is 0 Å². The van der Waals surface area contributed by atoms with Crippen LogP contribution in [-0.2, 0) is 6.61 Å². The van der Waals surface area contributed by atoms with E-state index in [2.05, 4.69) is 15.5 Å². The first-order valence-electron chi connectivity index (χ1n) is 6.19. The number of para-hydroxylation sites is 1. The second kappa shape index (κ2) is 6.26. The van der Waals surface area contributed by atoms with Crippen LogP contribution in [0.3, 0.4) is 0 Å². The molecule has 0 bridgehead atoms. The molecular weight excluding hydrogens is 308 g/mol. The summed E-state index contributed by atoms with van der Waals surface area (Å²) in [4.78, 5) is 0.869. The Labute approximate surface area is 130 Å². The van der Waals surface area contributed by atoms with Crippen molar-refractivity contribution in [1.82, 2.24) is 20.2 Å². The van der Waals surface area contributed by atoms with Crippen molar-refractivity contribution in [3.05, 3.63) is 59.1 Å². The van der Waals surface area contributed by atoms with E-state index in [-0.39, 0.29) is 6.61 Å². The summed E-state index contributed by atoms with van der Waals surface area (Å²) in [6.07, 6.45) is 0. The number of halogens is 1. The summed E-state index contributed by atoms with van der Waals surface area (Å²) < 4.78 is 1.65. The Bertz CT molecular complexity index is 748. The molecule has 0 unspecified atom stereocenters. The second-order valence-electron chi connectivity index (χ2n) is 4.22. The maximum Gasteiger partial charge on any atom is 0.218 e. The van der Waals surface area contributed by atoms with Crippen molar-refractivity contribution in [2.24, 2.45) is 0 Å². The van der Waals surface area contributed by atoms with Crippen molar-refractivity contribution < 1.29 is 5.11 Å². The average molecular weight is 319 g/mol. The summed E-state index contributed by atoms with van der Waals surface area (Å²) in [6, 6.07) is 15.0. The fourth-order valence-corrected chi connectivity index (χ4v) is 2.93. The van der Waals surface area contributed by atoms with Crippen molar-refractivity contribution in [1.29, 1.82) is 0 Å². The molecule has 0 fully saturated rings. The Kier molecular flexibility index (Phi) is 4.19. The summed E-state index contributed by atoms with van der Waals surface area (Å²) in [7, 11) is 0. The third kappa shape index (κ3) is 3.07. The van der Waals surface area contributed by atoms with Crippen LogP contribution >= 0.6 is 23.4 Å². The van der Waals surface area contributed by atoms with Gasteiger partial charge in [-0.3, -0.25) is 0 Å². The fourth-order valence-electron chi connectivity index (χ4n) is 1.84. The molecule has 0 saturated heterocycles. The summed E-state index contributed by atoms with van der Waals surface area (Å²) in [5.41, 5.74) is 1.62. The van der Waals surface area contributed by atoms with Crippen LogP contribution < -0.4 is 0 Å². The van der Waals surface area contributed by atoms with Crippen molar-refractivity contribution in [2.45, 2.75) is 16.7 Å². The van der Waals surface area contributed by atoms with Gasteiger partial charge < -0.3 is 5.11 Å². The largest absolute Gasteiger partial charge is 0.392 e. The zero-order chi connectivity index (χ0) is 14.7. The molecule has 7 heteroatoms. The lowest BCUT2D eigenvalue weighted by Crippen LogP contribution is -1.99. The number of hydrogen-bond acceptors (Lipinski definition) is 5. The first-order valence-corrected chi connectivity index (χ1v) is 7.38. The molecular formula is C14H11ClN4OS. The summed E-state index contributed by atoms with van der Waals surface area (Å²) in [6.45, 7) is -0.0875. The molecule has 0 atom stereocenters. The maximum absolute atomic E-state index is 9.43. The number of aromatic nitrogens is 4. The number of aliphatic hydroxyl groups excluding tert-OH is 1. The van der Waals surface area contributed by atoms with Gasteiger partial charge in [-0.1, -0.05) is 29.8 Å². The highest BCUT2D eigenvalue weighted by Crippen LogP contribution is 2.31. The first-order chi connectivity index (χ1) is 10.3. The molecule has 0 aliphatic heterocycles. The van der Waals surface area contributed by atoms with E-state index in [9.17, 15) is 5.11 Å². The quantitative estimate of drug-likeness (QED) is 0.801. The lowest BCUT2D eigenvalue weighted by Gasteiger charge is -2.07. The topological polar surface area (TPSA) is 63.8 Å². The van der Waals surface area contributed by atoms with Gasteiger partial charge in [-0.2, -0.15) is 4.68 Å². The summed E-state index contributed by atoms with van der Waals surface area (Å²) in [5, 5.41) is 22.4. The molecule has 1 N–H and O–H groups in total. The Hall–Kier alpha value is -1.89. The van der Waals surface area contributed by atoms with Crippen molar-refractivity contribution in [3.8, 4) is 5.69 Å². The molecule has 0 aliphatic carbocycles. The van der Waals surface area contributed by atoms with Crippen LogP contribution in [0.1, 0.15) is 5.56 Å². The molecule has 2 aromatic carbocycles. The number of tetrazole rings is 1. The number of benzene rings is 2. The number of hydrogen-bond donors (Lipinski definition) is 1. The average Bonchev–Trinajstić information content (AvgIpc) is 2.98. The van der Waals surface area contributed by atoms with E-state index < -0.39 is 0 Å². The van der Waals surface area contributed by atoms with Gasteiger partial charge in [0.15, 0.2) is 0 Å². The van der Waals surface area contributed by atoms with Gasteiger partial charge in [-0.15, -0.1) is 5.10 Å². The smallest absolute Gasteiger partial charge is 0.218 e. The Morgan fingerprint density at radius 1 is 1.14 bits per heavy atom. The monoisotopic (exact) mass is 318 g/mol. The zero-order valence-corrected chi connectivity index (χ0v) is 12.4. The standard InChI is InChI=1S/C14H11ClN4OS/c15-11-6-7-13(10(8-11)9-20)21-14-16-17-18-19(14)12-4-2-1-3-5-12/h1-8,20H,9H2. The van der Waals surface area contributed by atoms with Crippen molar-refractivity contribution in [2.75, 3.05) is 0 Å². The van der Waals surface area contributed by atoms with Crippen molar-refractivity contribution >= 4 is 23.4 Å². The minimum atomic E-state index is -0.0875. The van der Waals surface area contributed by atoms with Gasteiger partial charge in [0.25, 0.3) is 0 Å². The Balaban J connectivity index is 1.95. The van der Waals surface area contributed by atoms with Crippen LogP contribution in [0.5, 0.6) is 0 Å². The van der Waals surface area contributed by atoms with Gasteiger partial charge in [0.05, 0.1) is 12.3 Å². The zero-order valence-electron chi connectivity index (χ0n) is 10.8. The molecule has 3 aromatic rings. The molecule has 0 spiro atoms. The van der Waals surface area contributed by atoms with E-state index in [4.69, 9.17) is 11.6 Å². The molecule has 0 radical (unpaired) electrons. The predicted molar refractivity (Wildman–Crippen MR) is 80.7 cm³/mol. The maximum atomic E-state index is 9.43. The van der Waals surface area contributed by atoms with Crippen LogP contribution in [0.2, 0.25) is 5.02 Å². The lowest BCUT2D eigenvalue weighted by molar-refractivity contribution is 0.279. The minimum Gasteiger partial charge on any atom is -0.392 e. The summed E-state index contributed by atoms with van der Waals surface area (Å²) in [5.74, 6) is 0. The molecule has 0 aliphatic rings. The van der Waals surface area contributed by atoms with E-state index >= 15 is 0 Å². The number of rotatable bonds is 4.